The number of imide groups is 3. The number of amides is 9. The summed E-state index contributed by atoms with van der Waals surface area (Å²) in [4.78, 5) is 122. The van der Waals surface area contributed by atoms with Gasteiger partial charge in [0.2, 0.25) is 53.2 Å². The number of nitrogens with zero attached hydrogens (tertiary/aromatic N) is 3. The molecule has 0 aromatic carbocycles. The minimum atomic E-state index is -1.26. The van der Waals surface area contributed by atoms with E-state index in [1.807, 2.05) is 48.5 Å². The van der Waals surface area contributed by atoms with Gasteiger partial charge in [0.25, 0.3) is 0 Å². The lowest BCUT2D eigenvalue weighted by molar-refractivity contribution is -0.155. The lowest BCUT2D eigenvalue weighted by Gasteiger charge is -2.50. The lowest BCUT2D eigenvalue weighted by atomic mass is 9.53. The van der Waals surface area contributed by atoms with Crippen molar-refractivity contribution in [1.82, 2.24) is 30.7 Å². The SMILES string of the molecule is CC(C)C1CC(=O)N(CCNC(=O)[C@@]2(C)CC(C)(C(=O)NCCN3C(=O)CC(C(C)(C)C)C3=O)C[C@@](C)(C(=O)NCCN3C(=O)CC(C(C)C)C3=O)C2)C1=O. The van der Waals surface area contributed by atoms with Crippen molar-refractivity contribution in [3.8, 4) is 0 Å². The van der Waals surface area contributed by atoms with Crippen LogP contribution in [0.25, 0.3) is 0 Å². The first-order valence-corrected chi connectivity index (χ1v) is 19.7. The van der Waals surface area contributed by atoms with E-state index < -0.39 is 57.1 Å². The Morgan fingerprint density at radius 2 is 0.855 bits per heavy atom. The van der Waals surface area contributed by atoms with Gasteiger partial charge in [0, 0.05) is 86.6 Å². The molecule has 15 nitrogen and oxygen atoms in total. The molecule has 1 saturated carbocycles. The fraction of sp³-hybridized carbons (Fsp3) is 0.775. The fourth-order valence-corrected chi connectivity index (χ4v) is 9.26. The highest BCUT2D eigenvalue weighted by molar-refractivity contribution is 6.05. The number of carbonyl (C=O) groups is 9. The molecule has 6 atom stereocenters. The summed E-state index contributed by atoms with van der Waals surface area (Å²) < 4.78 is 0. The predicted octanol–water partition coefficient (Wildman–Crippen LogP) is 2.02. The third-order valence-corrected chi connectivity index (χ3v) is 12.3. The van der Waals surface area contributed by atoms with Crippen LogP contribution in [0.5, 0.6) is 0 Å². The Morgan fingerprint density at radius 3 is 1.11 bits per heavy atom. The van der Waals surface area contributed by atoms with E-state index >= 15 is 0 Å². The molecule has 3 saturated heterocycles. The second kappa shape index (κ2) is 16.1. The third-order valence-electron chi connectivity index (χ3n) is 12.3. The van der Waals surface area contributed by atoms with E-state index in [0.717, 1.165) is 0 Å². The van der Waals surface area contributed by atoms with Crippen LogP contribution in [0.15, 0.2) is 0 Å². The zero-order valence-electron chi connectivity index (χ0n) is 34.4. The van der Waals surface area contributed by atoms with Crippen LogP contribution in [-0.4, -0.2) is 107 Å². The van der Waals surface area contributed by atoms with E-state index in [1.165, 1.54) is 14.7 Å². The number of hydrogen-bond acceptors (Lipinski definition) is 9. The minimum absolute atomic E-state index is 0.00476. The van der Waals surface area contributed by atoms with E-state index in [-0.39, 0.29) is 125 Å². The molecule has 0 aromatic rings. The maximum absolute atomic E-state index is 14.1. The van der Waals surface area contributed by atoms with Gasteiger partial charge < -0.3 is 16.0 Å². The van der Waals surface area contributed by atoms with Gasteiger partial charge in [0.1, 0.15) is 0 Å². The zero-order valence-corrected chi connectivity index (χ0v) is 34.4. The maximum Gasteiger partial charge on any atom is 0.233 e. The summed E-state index contributed by atoms with van der Waals surface area (Å²) in [5.74, 6) is -4.32. The molecular formula is C40H62N6O9. The minimum Gasteiger partial charge on any atom is -0.354 e. The van der Waals surface area contributed by atoms with Crippen molar-refractivity contribution in [2.75, 3.05) is 39.3 Å². The summed E-state index contributed by atoms with van der Waals surface area (Å²) in [7, 11) is 0. The Kier molecular flexibility index (Phi) is 12.8. The molecule has 55 heavy (non-hydrogen) atoms. The number of likely N-dealkylation sites (tertiary alicyclic amines) is 3. The molecule has 3 aliphatic heterocycles. The summed E-state index contributed by atoms with van der Waals surface area (Å²) in [6, 6.07) is 0. The highest BCUT2D eigenvalue weighted by atomic mass is 16.2. The second-order valence-corrected chi connectivity index (χ2v) is 18.9. The Hall–Kier alpha value is -4.17. The molecule has 0 aromatic heterocycles. The van der Waals surface area contributed by atoms with Gasteiger partial charge in [-0.3, -0.25) is 57.9 Å². The number of rotatable bonds is 14. The Balaban J connectivity index is 1.48. The topological polar surface area (TPSA) is 199 Å². The largest absolute Gasteiger partial charge is 0.354 e. The number of nitrogens with one attached hydrogen (secondary N) is 3. The average molecular weight is 771 g/mol. The molecule has 3 N–H and O–H groups in total. The molecule has 1 aliphatic carbocycles. The molecule has 9 amide bonds. The van der Waals surface area contributed by atoms with Crippen LogP contribution in [0.4, 0.5) is 0 Å². The molecule has 15 heteroatoms. The molecular weight excluding hydrogens is 708 g/mol. The normalized spacial score (nSPS) is 30.3. The molecule has 3 heterocycles. The second-order valence-electron chi connectivity index (χ2n) is 18.9. The van der Waals surface area contributed by atoms with E-state index in [2.05, 4.69) is 16.0 Å². The van der Waals surface area contributed by atoms with Crippen LogP contribution in [0, 0.1) is 51.2 Å². The zero-order chi connectivity index (χ0) is 41.4. The first-order chi connectivity index (χ1) is 25.3. The van der Waals surface area contributed by atoms with Crippen LogP contribution in [0.1, 0.15) is 108 Å². The lowest BCUT2D eigenvalue weighted by Crippen LogP contribution is -2.58. The van der Waals surface area contributed by atoms with Gasteiger partial charge in [-0.2, -0.15) is 0 Å². The maximum atomic E-state index is 14.1. The van der Waals surface area contributed by atoms with Crippen molar-refractivity contribution in [3.05, 3.63) is 0 Å². The number of hydrogen-bond donors (Lipinski definition) is 3. The van der Waals surface area contributed by atoms with Gasteiger partial charge in [0.05, 0.1) is 5.92 Å². The van der Waals surface area contributed by atoms with E-state index in [9.17, 15) is 43.2 Å². The van der Waals surface area contributed by atoms with Gasteiger partial charge in [-0.15, -0.1) is 0 Å². The highest BCUT2D eigenvalue weighted by Crippen LogP contribution is 2.55. The number of carbonyl (C=O) groups excluding carboxylic acids is 9. The third kappa shape index (κ3) is 9.12. The predicted molar refractivity (Wildman–Crippen MR) is 201 cm³/mol. The van der Waals surface area contributed by atoms with Gasteiger partial charge in [-0.05, 0) is 36.5 Å². The molecule has 306 valence electrons. The Bertz CT molecular complexity index is 1540. The molecule has 0 spiro atoms. The van der Waals surface area contributed by atoms with Crippen molar-refractivity contribution >= 4 is 53.2 Å². The summed E-state index contributed by atoms with van der Waals surface area (Å²) in [5.41, 5.74) is -4.19. The van der Waals surface area contributed by atoms with E-state index in [1.54, 1.807) is 20.8 Å². The molecule has 0 radical (unpaired) electrons. The molecule has 0 bridgehead atoms. The van der Waals surface area contributed by atoms with Gasteiger partial charge >= 0.3 is 0 Å². The summed E-state index contributed by atoms with van der Waals surface area (Å²) in [6.07, 6.45) is 0.514. The Labute approximate surface area is 324 Å². The molecule has 4 unspecified atom stereocenters. The van der Waals surface area contributed by atoms with Gasteiger partial charge in [0.15, 0.2) is 0 Å². The van der Waals surface area contributed by atoms with Crippen LogP contribution >= 0.6 is 0 Å². The van der Waals surface area contributed by atoms with E-state index in [0.29, 0.717) is 0 Å². The van der Waals surface area contributed by atoms with Crippen LogP contribution in [0.3, 0.4) is 0 Å². The Morgan fingerprint density at radius 1 is 0.564 bits per heavy atom. The van der Waals surface area contributed by atoms with Crippen LogP contribution < -0.4 is 16.0 Å². The van der Waals surface area contributed by atoms with Gasteiger partial charge in [-0.1, -0.05) is 69.2 Å². The van der Waals surface area contributed by atoms with Crippen molar-refractivity contribution in [3.63, 3.8) is 0 Å². The quantitative estimate of drug-likeness (QED) is 0.221. The van der Waals surface area contributed by atoms with Crippen molar-refractivity contribution < 1.29 is 43.2 Å². The van der Waals surface area contributed by atoms with Gasteiger partial charge in [-0.25, -0.2) is 0 Å². The smallest absolute Gasteiger partial charge is 0.233 e. The summed E-state index contributed by atoms with van der Waals surface area (Å²) in [6.45, 7) is 18.2. The first-order valence-electron chi connectivity index (χ1n) is 19.7. The average Bonchev–Trinajstić information content (AvgIpc) is 3.64. The molecule has 4 fully saturated rings. The molecule has 4 rings (SSSR count). The summed E-state index contributed by atoms with van der Waals surface area (Å²) >= 11 is 0. The first kappa shape index (κ1) is 43.6. The van der Waals surface area contributed by atoms with Crippen molar-refractivity contribution in [2.24, 2.45) is 51.2 Å². The standard InChI is InChI=1S/C40H62N6O9/c1-23(2)25-17-28(47)44(31(25)50)14-11-41-34(53)38(8)20-39(9,35(54)42-12-15-45-29(48)18-26(24(3)4)32(45)51)22-40(10,21-38)36(55)43-13-16-46-30(49)19-27(33(46)52)37(5,6)7/h23-27H,11-22H2,1-10H3,(H,41,53)(H,42,54)(H,43,55)/t25?,26?,27?,38-,39+,40?. The van der Waals surface area contributed by atoms with Crippen molar-refractivity contribution in [2.45, 2.75) is 108 Å². The monoisotopic (exact) mass is 770 g/mol. The fourth-order valence-electron chi connectivity index (χ4n) is 9.26. The van der Waals surface area contributed by atoms with Crippen LogP contribution in [-0.2, 0) is 43.2 Å². The van der Waals surface area contributed by atoms with E-state index in [4.69, 9.17) is 0 Å². The molecule has 4 aliphatic rings. The highest BCUT2D eigenvalue weighted by Gasteiger charge is 2.57. The van der Waals surface area contributed by atoms with Crippen LogP contribution in [0.2, 0.25) is 0 Å². The van der Waals surface area contributed by atoms with Crippen molar-refractivity contribution in [1.29, 1.82) is 0 Å². The summed E-state index contributed by atoms with van der Waals surface area (Å²) in [5, 5.41) is 8.57.